The van der Waals surface area contributed by atoms with Gasteiger partial charge >= 0.3 is 6.09 Å². The molecule has 4 unspecified atom stereocenters. The molecule has 176 valence electrons. The summed E-state index contributed by atoms with van der Waals surface area (Å²) in [4.78, 5) is 42.8. The maximum absolute atomic E-state index is 12.9. The average molecular weight is 438 g/mol. The lowest BCUT2D eigenvalue weighted by Gasteiger charge is -2.54. The Hall–Kier alpha value is -1.87. The normalized spacial score (nSPS) is 31.5. The third kappa shape index (κ3) is 5.31. The van der Waals surface area contributed by atoms with Gasteiger partial charge in [0.1, 0.15) is 0 Å². The van der Waals surface area contributed by atoms with Crippen molar-refractivity contribution in [2.24, 2.45) is 11.8 Å². The van der Waals surface area contributed by atoms with Gasteiger partial charge in [-0.2, -0.15) is 0 Å². The molecule has 9 heteroatoms. The number of likely N-dealkylation sites (N-methyl/N-ethyl adjacent to an activating group) is 1. The summed E-state index contributed by atoms with van der Waals surface area (Å²) in [5, 5.41) is 2.01. The largest absolute Gasteiger partial charge is 0.447 e. The summed E-state index contributed by atoms with van der Waals surface area (Å²) in [6.45, 7) is 9.90. The Morgan fingerprint density at radius 2 is 1.81 bits per heavy atom. The molecule has 0 bridgehead atoms. The molecule has 2 saturated heterocycles. The molecule has 9 nitrogen and oxygen atoms in total. The molecule has 2 heterocycles. The molecular weight excluding hydrogens is 398 g/mol. The highest BCUT2D eigenvalue weighted by atomic mass is 16.6. The second kappa shape index (κ2) is 9.73. The van der Waals surface area contributed by atoms with Crippen LogP contribution in [0.25, 0.3) is 0 Å². The van der Waals surface area contributed by atoms with Gasteiger partial charge in [-0.25, -0.2) is 9.80 Å². The smallest absolute Gasteiger partial charge is 0.410 e. The molecule has 1 saturated carbocycles. The Kier molecular flexibility index (Phi) is 7.47. The fourth-order valence-corrected chi connectivity index (χ4v) is 5.51. The summed E-state index contributed by atoms with van der Waals surface area (Å²) in [7, 11) is 3.54. The van der Waals surface area contributed by atoms with Crippen LogP contribution in [0.4, 0.5) is 4.79 Å². The van der Waals surface area contributed by atoms with Crippen LogP contribution in [-0.4, -0.2) is 102 Å². The molecule has 3 amide bonds. The lowest BCUT2D eigenvalue weighted by molar-refractivity contribution is -0.142. The average Bonchev–Trinajstić information content (AvgIpc) is 3.14. The zero-order valence-corrected chi connectivity index (χ0v) is 19.8. The second-order valence-electron chi connectivity index (χ2n) is 9.86. The van der Waals surface area contributed by atoms with E-state index in [2.05, 4.69) is 5.43 Å². The number of rotatable bonds is 4. The SMILES string of the molecule is CC(=O)N1C2CCC(C3CNN(CC(=O)N(C)C)C3)CC2N(C(=O)OC(C)C)C[C@@H]1C. The Labute approximate surface area is 186 Å². The fourth-order valence-electron chi connectivity index (χ4n) is 5.51. The van der Waals surface area contributed by atoms with Crippen molar-refractivity contribution in [1.82, 2.24) is 25.1 Å². The molecule has 1 aliphatic carbocycles. The molecule has 3 rings (SSSR count). The highest BCUT2D eigenvalue weighted by Crippen LogP contribution is 2.39. The predicted octanol–water partition coefficient (Wildman–Crippen LogP) is 1.15. The number of nitrogens with one attached hydrogen (secondary N) is 1. The second-order valence-corrected chi connectivity index (χ2v) is 9.86. The van der Waals surface area contributed by atoms with Gasteiger partial charge < -0.3 is 19.4 Å². The molecule has 2 aliphatic heterocycles. The van der Waals surface area contributed by atoms with Crippen LogP contribution in [0.1, 0.15) is 47.0 Å². The maximum Gasteiger partial charge on any atom is 0.410 e. The number of carbonyl (C=O) groups excluding carboxylic acids is 3. The zero-order chi connectivity index (χ0) is 22.9. The van der Waals surface area contributed by atoms with Gasteiger partial charge in [0.25, 0.3) is 0 Å². The van der Waals surface area contributed by atoms with Crippen molar-refractivity contribution in [2.45, 2.75) is 71.2 Å². The number of fused-ring (bicyclic) bond motifs is 1. The van der Waals surface area contributed by atoms with Crippen LogP contribution in [-0.2, 0) is 14.3 Å². The Balaban J connectivity index is 1.71. The van der Waals surface area contributed by atoms with E-state index in [-0.39, 0.29) is 42.1 Å². The number of ether oxygens (including phenoxy) is 1. The first-order valence-corrected chi connectivity index (χ1v) is 11.5. The number of carbonyl (C=O) groups is 3. The highest BCUT2D eigenvalue weighted by molar-refractivity contribution is 5.77. The van der Waals surface area contributed by atoms with Crippen molar-refractivity contribution in [3.63, 3.8) is 0 Å². The van der Waals surface area contributed by atoms with Crippen molar-refractivity contribution in [3.8, 4) is 0 Å². The molecule has 0 radical (unpaired) electrons. The Bertz CT molecular complexity index is 685. The van der Waals surface area contributed by atoms with Gasteiger partial charge in [0.2, 0.25) is 11.8 Å². The van der Waals surface area contributed by atoms with Gasteiger partial charge in [-0.15, -0.1) is 0 Å². The summed E-state index contributed by atoms with van der Waals surface area (Å²) in [6.07, 6.45) is 2.32. The van der Waals surface area contributed by atoms with Crippen molar-refractivity contribution in [3.05, 3.63) is 0 Å². The third-order valence-corrected chi connectivity index (χ3v) is 6.97. The van der Waals surface area contributed by atoms with Gasteiger partial charge in [0.15, 0.2) is 0 Å². The number of nitrogens with zero attached hydrogens (tertiary/aromatic N) is 4. The molecule has 31 heavy (non-hydrogen) atoms. The summed E-state index contributed by atoms with van der Waals surface area (Å²) >= 11 is 0. The quantitative estimate of drug-likeness (QED) is 0.710. The number of hydrogen-bond donors (Lipinski definition) is 1. The van der Waals surface area contributed by atoms with Gasteiger partial charge in [-0.05, 0) is 51.9 Å². The first kappa shape index (κ1) is 23.8. The van der Waals surface area contributed by atoms with E-state index in [1.54, 1.807) is 25.9 Å². The first-order valence-electron chi connectivity index (χ1n) is 11.5. The number of hydrazine groups is 1. The minimum atomic E-state index is -0.275. The number of hydrogen-bond acceptors (Lipinski definition) is 6. The number of piperazine rings is 1. The van der Waals surface area contributed by atoms with Crippen molar-refractivity contribution in [2.75, 3.05) is 40.3 Å². The lowest BCUT2D eigenvalue weighted by Crippen LogP contribution is -2.67. The maximum atomic E-state index is 12.9. The third-order valence-electron chi connectivity index (χ3n) is 6.97. The van der Waals surface area contributed by atoms with E-state index < -0.39 is 0 Å². The van der Waals surface area contributed by atoms with E-state index in [9.17, 15) is 14.4 Å². The standard InChI is InChI=1S/C22H39N5O4/c1-14(2)31-22(30)26-11-15(3)27(16(4)28)19-8-7-17(9-20(19)26)18-10-23-25(12-18)13-21(29)24(5)6/h14-15,17-20,23H,7-13H2,1-6H3/t15-,17?,18?,19?,20?/m0/s1. The molecule has 5 atom stereocenters. The van der Waals surface area contributed by atoms with Gasteiger partial charge in [0, 0.05) is 46.7 Å². The van der Waals surface area contributed by atoms with Crippen LogP contribution < -0.4 is 5.43 Å². The van der Waals surface area contributed by atoms with Crippen LogP contribution in [0, 0.1) is 11.8 Å². The monoisotopic (exact) mass is 437 g/mol. The van der Waals surface area contributed by atoms with E-state index in [0.717, 1.165) is 32.4 Å². The van der Waals surface area contributed by atoms with Crippen LogP contribution in [0.3, 0.4) is 0 Å². The van der Waals surface area contributed by atoms with Gasteiger partial charge in [-0.3, -0.25) is 15.0 Å². The molecular formula is C22H39N5O4. The zero-order valence-electron chi connectivity index (χ0n) is 19.8. The van der Waals surface area contributed by atoms with Gasteiger partial charge in [0.05, 0.1) is 24.7 Å². The summed E-state index contributed by atoms with van der Waals surface area (Å²) < 4.78 is 5.55. The molecule has 0 aromatic heterocycles. The van der Waals surface area contributed by atoms with Crippen molar-refractivity contribution < 1.29 is 19.1 Å². The topological polar surface area (TPSA) is 85.4 Å². The summed E-state index contributed by atoms with van der Waals surface area (Å²) in [6, 6.07) is -0.00347. The van der Waals surface area contributed by atoms with Crippen molar-refractivity contribution >= 4 is 17.9 Å². The minimum Gasteiger partial charge on any atom is -0.447 e. The number of amides is 3. The molecule has 0 aromatic rings. The van der Waals surface area contributed by atoms with E-state index in [1.165, 1.54) is 0 Å². The molecule has 0 aromatic carbocycles. The summed E-state index contributed by atoms with van der Waals surface area (Å²) in [5.74, 6) is 1.01. The Morgan fingerprint density at radius 3 is 2.42 bits per heavy atom. The van der Waals surface area contributed by atoms with E-state index in [1.807, 2.05) is 35.6 Å². The minimum absolute atomic E-state index is 0.0179. The van der Waals surface area contributed by atoms with Crippen LogP contribution in [0.15, 0.2) is 0 Å². The van der Waals surface area contributed by atoms with Crippen molar-refractivity contribution in [1.29, 1.82) is 0 Å². The molecule has 0 spiro atoms. The molecule has 3 aliphatic rings. The Morgan fingerprint density at radius 1 is 1.10 bits per heavy atom. The van der Waals surface area contributed by atoms with Crippen LogP contribution in [0.2, 0.25) is 0 Å². The summed E-state index contributed by atoms with van der Waals surface area (Å²) in [5.41, 5.74) is 3.37. The molecule has 3 fully saturated rings. The van der Waals surface area contributed by atoms with E-state index in [0.29, 0.717) is 24.9 Å². The predicted molar refractivity (Wildman–Crippen MR) is 117 cm³/mol. The van der Waals surface area contributed by atoms with Crippen LogP contribution in [0.5, 0.6) is 0 Å². The van der Waals surface area contributed by atoms with E-state index >= 15 is 0 Å². The first-order chi connectivity index (χ1) is 14.6. The molecule has 1 N–H and O–H groups in total. The van der Waals surface area contributed by atoms with E-state index in [4.69, 9.17) is 4.74 Å². The highest BCUT2D eigenvalue weighted by Gasteiger charge is 2.48. The fraction of sp³-hybridized carbons (Fsp3) is 0.864. The van der Waals surface area contributed by atoms with Gasteiger partial charge in [-0.1, -0.05) is 0 Å². The lowest BCUT2D eigenvalue weighted by atomic mass is 9.73. The van der Waals surface area contributed by atoms with Crippen LogP contribution >= 0.6 is 0 Å².